The first-order valence-corrected chi connectivity index (χ1v) is 6.94. The molecule has 0 heterocycles. The van der Waals surface area contributed by atoms with Gasteiger partial charge in [0, 0.05) is 11.5 Å². The highest BCUT2D eigenvalue weighted by Crippen LogP contribution is 2.58. The van der Waals surface area contributed by atoms with Gasteiger partial charge in [-0.15, -0.1) is 0 Å². The molecule has 0 N–H and O–H groups in total. The first-order valence-electron chi connectivity index (χ1n) is 6.94. The van der Waals surface area contributed by atoms with Crippen molar-refractivity contribution in [2.24, 2.45) is 17.8 Å². The first-order chi connectivity index (χ1) is 8.31. The summed E-state index contributed by atoms with van der Waals surface area (Å²) < 4.78 is 0. The zero-order chi connectivity index (χ0) is 11.8. The van der Waals surface area contributed by atoms with Gasteiger partial charge in [0.1, 0.15) is 0 Å². The molecule has 1 aromatic carbocycles. The van der Waals surface area contributed by atoms with E-state index < -0.39 is 0 Å². The predicted molar refractivity (Wildman–Crippen MR) is 69.1 cm³/mol. The maximum Gasteiger partial charge on any atom is 0.166 e. The van der Waals surface area contributed by atoms with Crippen LogP contribution in [0.3, 0.4) is 0 Å². The van der Waals surface area contributed by atoms with Gasteiger partial charge in [0.05, 0.1) is 0 Å². The fourth-order valence-electron chi connectivity index (χ4n) is 3.53. The highest BCUT2D eigenvalue weighted by atomic mass is 16.1. The second-order valence-electron chi connectivity index (χ2n) is 5.60. The second kappa shape index (κ2) is 4.29. The Morgan fingerprint density at radius 1 is 1.18 bits per heavy atom. The quantitative estimate of drug-likeness (QED) is 0.715. The Labute approximate surface area is 103 Å². The van der Waals surface area contributed by atoms with Gasteiger partial charge in [-0.25, -0.2) is 0 Å². The fourth-order valence-corrected chi connectivity index (χ4v) is 3.53. The monoisotopic (exact) mass is 228 g/mol. The summed E-state index contributed by atoms with van der Waals surface area (Å²) in [5.74, 6) is 2.25. The summed E-state index contributed by atoms with van der Waals surface area (Å²) in [4.78, 5) is 12.3. The van der Waals surface area contributed by atoms with Crippen LogP contribution in [0.15, 0.2) is 24.3 Å². The van der Waals surface area contributed by atoms with E-state index in [0.29, 0.717) is 11.7 Å². The van der Waals surface area contributed by atoms with Crippen LogP contribution in [0.1, 0.15) is 48.5 Å². The number of hydrogen-bond donors (Lipinski definition) is 0. The van der Waals surface area contributed by atoms with E-state index in [9.17, 15) is 4.79 Å². The van der Waals surface area contributed by atoms with Gasteiger partial charge in [-0.3, -0.25) is 4.79 Å². The number of fused-ring (bicyclic) bond motifs is 1. The summed E-state index contributed by atoms with van der Waals surface area (Å²) in [5, 5.41) is 0. The van der Waals surface area contributed by atoms with E-state index in [0.717, 1.165) is 23.8 Å². The van der Waals surface area contributed by atoms with Crippen LogP contribution >= 0.6 is 0 Å². The Balaban J connectivity index is 1.70. The first kappa shape index (κ1) is 11.0. The Morgan fingerprint density at radius 2 is 1.82 bits per heavy atom. The molecule has 0 aromatic heterocycles. The number of carbonyl (C=O) groups excluding carboxylic acids is 1. The summed E-state index contributed by atoms with van der Waals surface area (Å²) in [5.41, 5.74) is 2.28. The Kier molecular flexibility index (Phi) is 2.78. The van der Waals surface area contributed by atoms with Crippen molar-refractivity contribution in [1.29, 1.82) is 0 Å². The van der Waals surface area contributed by atoms with Gasteiger partial charge >= 0.3 is 0 Å². The van der Waals surface area contributed by atoms with Crippen molar-refractivity contribution in [1.82, 2.24) is 0 Å². The fraction of sp³-hybridized carbons (Fsp3) is 0.562. The zero-order valence-electron chi connectivity index (χ0n) is 10.5. The molecule has 2 aliphatic rings. The van der Waals surface area contributed by atoms with E-state index >= 15 is 0 Å². The minimum atomic E-state index is 0.376. The molecule has 0 aliphatic heterocycles. The van der Waals surface area contributed by atoms with Gasteiger partial charge in [0.15, 0.2) is 5.78 Å². The van der Waals surface area contributed by atoms with Gasteiger partial charge in [-0.2, -0.15) is 0 Å². The lowest BCUT2D eigenvalue weighted by atomic mass is 9.99. The van der Waals surface area contributed by atoms with E-state index in [1.807, 2.05) is 12.1 Å². The number of benzene rings is 1. The van der Waals surface area contributed by atoms with Gasteiger partial charge in [-0.1, -0.05) is 44.0 Å². The van der Waals surface area contributed by atoms with Crippen LogP contribution in [-0.4, -0.2) is 5.78 Å². The highest BCUT2D eigenvalue weighted by molar-refractivity contribution is 6.00. The molecule has 2 saturated carbocycles. The van der Waals surface area contributed by atoms with Crippen molar-refractivity contribution < 1.29 is 4.79 Å². The summed E-state index contributed by atoms with van der Waals surface area (Å²) in [6.45, 7) is 2.18. The number of rotatable bonds is 4. The topological polar surface area (TPSA) is 17.1 Å². The van der Waals surface area contributed by atoms with E-state index in [2.05, 4.69) is 19.1 Å². The smallest absolute Gasteiger partial charge is 0.166 e. The largest absolute Gasteiger partial charge is 0.294 e. The summed E-state index contributed by atoms with van der Waals surface area (Å²) in [6.07, 6.45) is 6.20. The van der Waals surface area contributed by atoms with Gasteiger partial charge in [-0.05, 0) is 36.7 Å². The molecule has 2 aliphatic carbocycles. The van der Waals surface area contributed by atoms with E-state index in [1.165, 1.54) is 31.2 Å². The Hall–Kier alpha value is -1.11. The third-order valence-corrected chi connectivity index (χ3v) is 4.49. The Bertz CT molecular complexity index is 408. The van der Waals surface area contributed by atoms with Crippen LogP contribution in [-0.2, 0) is 6.42 Å². The molecule has 0 amide bonds. The molecule has 0 spiro atoms. The lowest BCUT2D eigenvalue weighted by Gasteiger charge is -2.04. The molecule has 0 radical (unpaired) electrons. The number of hydrogen-bond acceptors (Lipinski definition) is 1. The number of Topliss-reactive ketones (excluding diaryl/α,β-unsaturated/α-hetero) is 1. The molecule has 2 unspecified atom stereocenters. The maximum absolute atomic E-state index is 12.3. The van der Waals surface area contributed by atoms with Gasteiger partial charge in [0.2, 0.25) is 0 Å². The molecule has 0 bridgehead atoms. The average Bonchev–Trinajstić information content (AvgIpc) is 2.83. The van der Waals surface area contributed by atoms with Gasteiger partial charge < -0.3 is 0 Å². The molecular weight excluding hydrogens is 208 g/mol. The third kappa shape index (κ3) is 1.92. The number of carbonyl (C=O) groups is 1. The molecule has 17 heavy (non-hydrogen) atoms. The molecule has 1 heteroatoms. The van der Waals surface area contributed by atoms with Gasteiger partial charge in [0.25, 0.3) is 0 Å². The van der Waals surface area contributed by atoms with Crippen LogP contribution in [0.5, 0.6) is 0 Å². The van der Waals surface area contributed by atoms with Crippen LogP contribution in [0, 0.1) is 17.8 Å². The highest BCUT2D eigenvalue weighted by Gasteiger charge is 2.56. The van der Waals surface area contributed by atoms with Crippen LogP contribution in [0.4, 0.5) is 0 Å². The molecule has 1 aromatic rings. The summed E-state index contributed by atoms with van der Waals surface area (Å²) >= 11 is 0. The minimum absolute atomic E-state index is 0.376. The van der Waals surface area contributed by atoms with E-state index in [-0.39, 0.29) is 0 Å². The molecule has 2 fully saturated rings. The van der Waals surface area contributed by atoms with Crippen LogP contribution < -0.4 is 0 Å². The third-order valence-electron chi connectivity index (χ3n) is 4.49. The molecule has 90 valence electrons. The summed E-state index contributed by atoms with van der Waals surface area (Å²) in [6, 6.07) is 8.30. The van der Waals surface area contributed by atoms with Crippen molar-refractivity contribution in [3.8, 4) is 0 Å². The lowest BCUT2D eigenvalue weighted by Crippen LogP contribution is -2.06. The maximum atomic E-state index is 12.3. The zero-order valence-corrected chi connectivity index (χ0v) is 10.5. The normalized spacial score (nSPS) is 30.1. The molecule has 3 rings (SSSR count). The summed E-state index contributed by atoms with van der Waals surface area (Å²) in [7, 11) is 0. The predicted octanol–water partition coefficient (Wildman–Crippen LogP) is 3.87. The van der Waals surface area contributed by atoms with Crippen molar-refractivity contribution >= 4 is 5.78 Å². The molecule has 2 atom stereocenters. The minimum Gasteiger partial charge on any atom is -0.294 e. The average molecular weight is 228 g/mol. The van der Waals surface area contributed by atoms with Crippen molar-refractivity contribution in [3.63, 3.8) is 0 Å². The lowest BCUT2D eigenvalue weighted by molar-refractivity contribution is 0.0951. The Morgan fingerprint density at radius 3 is 2.41 bits per heavy atom. The second-order valence-corrected chi connectivity index (χ2v) is 5.60. The standard InChI is InChI=1S/C16H20O/c1-2-4-11-7-9-12(10-8-11)16(17)15-13-5-3-6-14(13)15/h7-10,13-15H,2-6H2,1H3. The molecule has 1 nitrogen and oxygen atoms in total. The van der Waals surface area contributed by atoms with E-state index in [4.69, 9.17) is 0 Å². The SMILES string of the molecule is CCCc1ccc(C(=O)C2C3CCCC32)cc1. The molecular formula is C16H20O. The number of aryl methyl sites for hydroxylation is 1. The van der Waals surface area contributed by atoms with Crippen molar-refractivity contribution in [3.05, 3.63) is 35.4 Å². The van der Waals surface area contributed by atoms with Crippen molar-refractivity contribution in [2.75, 3.05) is 0 Å². The number of ketones is 1. The van der Waals surface area contributed by atoms with E-state index in [1.54, 1.807) is 0 Å². The van der Waals surface area contributed by atoms with Crippen LogP contribution in [0.25, 0.3) is 0 Å². The van der Waals surface area contributed by atoms with Crippen LogP contribution in [0.2, 0.25) is 0 Å². The van der Waals surface area contributed by atoms with Crippen molar-refractivity contribution in [2.45, 2.75) is 39.0 Å². The molecule has 0 saturated heterocycles.